The Morgan fingerprint density at radius 2 is 2.31 bits per heavy atom. The van der Waals surface area contributed by atoms with Crippen LogP contribution in [0.15, 0.2) is 22.7 Å². The Morgan fingerprint density at radius 1 is 1.44 bits per heavy atom. The van der Waals surface area contributed by atoms with Crippen LogP contribution in [0.3, 0.4) is 0 Å². The molecule has 1 aliphatic rings. The maximum atomic E-state index is 5.19. The summed E-state index contributed by atoms with van der Waals surface area (Å²) in [5.74, 6) is 0.909. The lowest BCUT2D eigenvalue weighted by Crippen LogP contribution is -2.35. The Labute approximate surface area is 106 Å². The number of hydrogen-bond donors (Lipinski definition) is 1. The first-order valence-electron chi connectivity index (χ1n) is 5.85. The predicted molar refractivity (Wildman–Crippen MR) is 70.0 cm³/mol. The number of methoxy groups -OCH3 is 1. The van der Waals surface area contributed by atoms with E-state index in [0.29, 0.717) is 6.04 Å². The summed E-state index contributed by atoms with van der Waals surface area (Å²) in [5.41, 5.74) is 1.36. The van der Waals surface area contributed by atoms with Gasteiger partial charge in [0.05, 0.1) is 7.11 Å². The summed E-state index contributed by atoms with van der Waals surface area (Å²) in [7, 11) is 1.70. The molecule has 1 heterocycles. The maximum Gasteiger partial charge on any atom is 0.120 e. The van der Waals surface area contributed by atoms with E-state index in [9.17, 15) is 0 Å². The van der Waals surface area contributed by atoms with Gasteiger partial charge in [-0.05, 0) is 43.5 Å². The monoisotopic (exact) mass is 283 g/mol. The molecule has 1 aromatic rings. The van der Waals surface area contributed by atoms with Crippen LogP contribution in [0.2, 0.25) is 0 Å². The van der Waals surface area contributed by atoms with Crippen LogP contribution in [-0.2, 0) is 6.42 Å². The van der Waals surface area contributed by atoms with Gasteiger partial charge in [0, 0.05) is 10.5 Å². The summed E-state index contributed by atoms with van der Waals surface area (Å²) in [4.78, 5) is 0. The van der Waals surface area contributed by atoms with Gasteiger partial charge in [0.1, 0.15) is 5.75 Å². The lowest BCUT2D eigenvalue weighted by atomic mass is 9.98. The summed E-state index contributed by atoms with van der Waals surface area (Å²) >= 11 is 3.61. The first-order valence-corrected chi connectivity index (χ1v) is 6.64. The van der Waals surface area contributed by atoms with Gasteiger partial charge in [0.15, 0.2) is 0 Å². The van der Waals surface area contributed by atoms with Crippen LogP contribution >= 0.6 is 15.9 Å². The SMILES string of the molecule is COc1ccc(CC2CCCCN2)c(Br)c1. The second kappa shape index (κ2) is 5.69. The molecular weight excluding hydrogens is 266 g/mol. The molecule has 1 N–H and O–H groups in total. The van der Waals surface area contributed by atoms with Crippen molar-refractivity contribution in [3.05, 3.63) is 28.2 Å². The van der Waals surface area contributed by atoms with Gasteiger partial charge in [-0.2, -0.15) is 0 Å². The highest BCUT2D eigenvalue weighted by Gasteiger charge is 2.14. The molecule has 0 radical (unpaired) electrons. The van der Waals surface area contributed by atoms with E-state index < -0.39 is 0 Å². The highest BCUT2D eigenvalue weighted by Crippen LogP contribution is 2.25. The van der Waals surface area contributed by atoms with Crippen molar-refractivity contribution < 1.29 is 4.74 Å². The van der Waals surface area contributed by atoms with Crippen molar-refractivity contribution in [2.75, 3.05) is 13.7 Å². The van der Waals surface area contributed by atoms with E-state index in [4.69, 9.17) is 4.74 Å². The van der Waals surface area contributed by atoms with E-state index in [1.165, 1.54) is 31.4 Å². The van der Waals surface area contributed by atoms with Crippen LogP contribution in [0.5, 0.6) is 5.75 Å². The Kier molecular flexibility index (Phi) is 4.24. The van der Waals surface area contributed by atoms with Crippen molar-refractivity contribution in [2.24, 2.45) is 0 Å². The Balaban J connectivity index is 2.03. The smallest absolute Gasteiger partial charge is 0.120 e. The molecule has 3 heteroatoms. The molecular formula is C13H18BrNO. The zero-order valence-electron chi connectivity index (χ0n) is 9.63. The zero-order valence-corrected chi connectivity index (χ0v) is 11.2. The third-order valence-electron chi connectivity index (χ3n) is 3.14. The second-order valence-electron chi connectivity index (χ2n) is 4.31. The Hall–Kier alpha value is -0.540. The summed E-state index contributed by atoms with van der Waals surface area (Å²) in [6.07, 6.45) is 5.06. The van der Waals surface area contributed by atoms with Crippen LogP contribution in [0.1, 0.15) is 24.8 Å². The molecule has 2 rings (SSSR count). The molecule has 0 saturated carbocycles. The van der Waals surface area contributed by atoms with Crippen molar-refractivity contribution in [3.63, 3.8) is 0 Å². The van der Waals surface area contributed by atoms with E-state index in [0.717, 1.165) is 16.6 Å². The normalized spacial score (nSPS) is 20.8. The van der Waals surface area contributed by atoms with E-state index in [2.05, 4.69) is 27.3 Å². The van der Waals surface area contributed by atoms with Crippen molar-refractivity contribution in [1.82, 2.24) is 5.32 Å². The van der Waals surface area contributed by atoms with Crippen molar-refractivity contribution >= 4 is 15.9 Å². The van der Waals surface area contributed by atoms with Gasteiger partial charge >= 0.3 is 0 Å². The third kappa shape index (κ3) is 2.98. The van der Waals surface area contributed by atoms with Crippen LogP contribution < -0.4 is 10.1 Å². The minimum atomic E-state index is 0.637. The van der Waals surface area contributed by atoms with Gasteiger partial charge in [-0.3, -0.25) is 0 Å². The minimum absolute atomic E-state index is 0.637. The highest BCUT2D eigenvalue weighted by molar-refractivity contribution is 9.10. The standard InChI is InChI=1S/C13H18BrNO/c1-16-12-6-5-10(13(14)9-12)8-11-4-2-3-7-15-11/h5-6,9,11,15H,2-4,7-8H2,1H3. The summed E-state index contributed by atoms with van der Waals surface area (Å²) in [5, 5.41) is 3.57. The van der Waals surface area contributed by atoms with Crippen molar-refractivity contribution in [3.8, 4) is 5.75 Å². The van der Waals surface area contributed by atoms with Gasteiger partial charge in [0.25, 0.3) is 0 Å². The highest BCUT2D eigenvalue weighted by atomic mass is 79.9. The quantitative estimate of drug-likeness (QED) is 0.920. The first kappa shape index (κ1) is 11.9. The van der Waals surface area contributed by atoms with Crippen LogP contribution in [0, 0.1) is 0 Å². The molecule has 0 aromatic heterocycles. The molecule has 0 spiro atoms. The van der Waals surface area contributed by atoms with E-state index in [1.807, 2.05) is 12.1 Å². The van der Waals surface area contributed by atoms with E-state index >= 15 is 0 Å². The second-order valence-corrected chi connectivity index (χ2v) is 5.16. The number of ether oxygens (including phenoxy) is 1. The molecule has 0 aliphatic carbocycles. The topological polar surface area (TPSA) is 21.3 Å². The summed E-state index contributed by atoms with van der Waals surface area (Å²) in [6, 6.07) is 6.86. The maximum absolute atomic E-state index is 5.19. The lowest BCUT2D eigenvalue weighted by molar-refractivity contribution is 0.398. The summed E-state index contributed by atoms with van der Waals surface area (Å²) in [6.45, 7) is 1.17. The van der Waals surface area contributed by atoms with Gasteiger partial charge in [-0.25, -0.2) is 0 Å². The molecule has 88 valence electrons. The molecule has 0 amide bonds. The van der Waals surface area contributed by atoms with Gasteiger partial charge < -0.3 is 10.1 Å². The number of halogens is 1. The first-order chi connectivity index (χ1) is 7.79. The van der Waals surface area contributed by atoms with Crippen LogP contribution in [-0.4, -0.2) is 19.7 Å². The van der Waals surface area contributed by atoms with Gasteiger partial charge in [-0.1, -0.05) is 28.4 Å². The molecule has 1 aliphatic heterocycles. The lowest BCUT2D eigenvalue weighted by Gasteiger charge is -2.24. The van der Waals surface area contributed by atoms with Crippen molar-refractivity contribution in [1.29, 1.82) is 0 Å². The zero-order chi connectivity index (χ0) is 11.4. The molecule has 16 heavy (non-hydrogen) atoms. The molecule has 1 fully saturated rings. The van der Waals surface area contributed by atoms with Crippen molar-refractivity contribution in [2.45, 2.75) is 31.7 Å². The molecule has 1 saturated heterocycles. The van der Waals surface area contributed by atoms with Crippen LogP contribution in [0.25, 0.3) is 0 Å². The minimum Gasteiger partial charge on any atom is -0.497 e. The molecule has 2 nitrogen and oxygen atoms in total. The number of piperidine rings is 1. The molecule has 1 aromatic carbocycles. The fourth-order valence-electron chi connectivity index (χ4n) is 2.18. The van der Waals surface area contributed by atoms with E-state index in [-0.39, 0.29) is 0 Å². The number of benzene rings is 1. The van der Waals surface area contributed by atoms with Gasteiger partial charge in [-0.15, -0.1) is 0 Å². The van der Waals surface area contributed by atoms with Crippen LogP contribution in [0.4, 0.5) is 0 Å². The van der Waals surface area contributed by atoms with E-state index in [1.54, 1.807) is 7.11 Å². The average Bonchev–Trinajstić information content (AvgIpc) is 2.33. The molecule has 0 bridgehead atoms. The Morgan fingerprint density at radius 3 is 2.94 bits per heavy atom. The summed E-state index contributed by atoms with van der Waals surface area (Å²) < 4.78 is 6.35. The molecule has 1 atom stereocenters. The molecule has 1 unspecified atom stereocenters. The fraction of sp³-hybridized carbons (Fsp3) is 0.538. The largest absolute Gasteiger partial charge is 0.497 e. The number of rotatable bonds is 3. The number of hydrogen-bond acceptors (Lipinski definition) is 2. The Bertz CT molecular complexity index is 348. The fourth-order valence-corrected chi connectivity index (χ4v) is 2.70. The average molecular weight is 284 g/mol. The predicted octanol–water partition coefficient (Wildman–Crippen LogP) is 3.14. The van der Waals surface area contributed by atoms with Gasteiger partial charge in [0.2, 0.25) is 0 Å². The number of nitrogens with one attached hydrogen (secondary N) is 1. The third-order valence-corrected chi connectivity index (χ3v) is 3.88.